The molecule has 0 N–H and O–H groups in total. The van der Waals surface area contributed by atoms with Crippen molar-refractivity contribution in [1.29, 1.82) is 0 Å². The molecule has 0 aliphatic carbocycles. The fourth-order valence-corrected chi connectivity index (χ4v) is 5.01. The Kier molecular flexibility index (Phi) is 16.3. The average Bonchev–Trinajstić information content (AvgIpc) is 2.91. The number of unbranched alkanes of at least 4 members (excludes halogenated alkanes) is 5. The quantitative estimate of drug-likeness (QED) is 0.125. The van der Waals surface area contributed by atoms with Crippen molar-refractivity contribution in [2.45, 2.75) is 111 Å². The van der Waals surface area contributed by atoms with Gasteiger partial charge in [0.15, 0.2) is 0 Å². The van der Waals surface area contributed by atoms with Gasteiger partial charge in [-0.2, -0.15) is 0 Å². The van der Waals surface area contributed by atoms with E-state index in [1.54, 1.807) is 6.20 Å². The Hall–Kier alpha value is -1.79. The number of ether oxygens (including phenoxy) is 1. The third-order valence-corrected chi connectivity index (χ3v) is 7.86. The molecule has 2 unspecified atom stereocenters. The minimum absolute atomic E-state index is 0.441. The number of pyridine rings is 1. The Morgan fingerprint density at radius 3 is 2.28 bits per heavy atom. The van der Waals surface area contributed by atoms with E-state index in [2.05, 4.69) is 42.6 Å². The van der Waals surface area contributed by atoms with Crippen LogP contribution in [-0.2, 0) is 11.2 Å². The van der Waals surface area contributed by atoms with Gasteiger partial charge in [-0.25, -0.2) is 0 Å². The zero-order chi connectivity index (χ0) is 25.8. The van der Waals surface area contributed by atoms with Gasteiger partial charge < -0.3 is 9.16 Å². The van der Waals surface area contributed by atoms with Gasteiger partial charge in [-0.3, -0.25) is 15.0 Å². The molecule has 0 amide bonds. The Labute approximate surface area is 223 Å². The molecule has 6 heteroatoms. The molecule has 2 rings (SSSR count). The van der Waals surface area contributed by atoms with Crippen LogP contribution in [0.3, 0.4) is 0 Å². The highest BCUT2D eigenvalue weighted by molar-refractivity contribution is 6.28. The Morgan fingerprint density at radius 2 is 1.56 bits per heavy atom. The lowest BCUT2D eigenvalue weighted by Crippen LogP contribution is -2.09. The summed E-state index contributed by atoms with van der Waals surface area (Å²) in [6.45, 7) is 11.0. The van der Waals surface area contributed by atoms with Gasteiger partial charge in [-0.15, -0.1) is 0 Å². The van der Waals surface area contributed by atoms with Gasteiger partial charge in [0.1, 0.15) is 17.1 Å². The van der Waals surface area contributed by atoms with Crippen LogP contribution >= 0.6 is 0 Å². The topological polar surface area (TPSA) is 57.1 Å². The summed E-state index contributed by atoms with van der Waals surface area (Å²) in [5.74, 6) is 2.40. The molecule has 2 aromatic heterocycles. The first-order valence-electron chi connectivity index (χ1n) is 14.4. The van der Waals surface area contributed by atoms with Crippen LogP contribution < -0.4 is 4.43 Å². The number of nitrogens with zero attached hydrogens (tertiary/aromatic N) is 3. The molecule has 2 aromatic rings. The summed E-state index contributed by atoms with van der Waals surface area (Å²) in [7, 11) is 0.441. The molecule has 5 nitrogen and oxygen atoms in total. The molecule has 36 heavy (non-hydrogen) atoms. The van der Waals surface area contributed by atoms with E-state index in [-0.39, 0.29) is 0 Å². The first kappa shape index (κ1) is 30.4. The van der Waals surface area contributed by atoms with E-state index >= 15 is 0 Å². The molecule has 0 aliphatic rings. The van der Waals surface area contributed by atoms with Crippen LogP contribution in [0.25, 0.3) is 11.4 Å². The molecule has 2 heterocycles. The smallest absolute Gasteiger partial charge is 0.310 e. The SMILES string of the molecule is CCCCCCOCCCCc1cnc(-c2ncccc2O[Si]CCCC(C)C(C)CCCC)cn1. The molecule has 0 fully saturated rings. The lowest BCUT2D eigenvalue weighted by molar-refractivity contribution is 0.126. The van der Waals surface area contributed by atoms with Crippen molar-refractivity contribution in [1.82, 2.24) is 15.0 Å². The Morgan fingerprint density at radius 1 is 0.806 bits per heavy atom. The van der Waals surface area contributed by atoms with E-state index in [1.807, 2.05) is 24.5 Å². The van der Waals surface area contributed by atoms with E-state index < -0.39 is 0 Å². The summed E-state index contributed by atoms with van der Waals surface area (Å²) in [6, 6.07) is 5.00. The Bertz CT molecular complexity index is 803. The first-order chi connectivity index (χ1) is 17.7. The molecular formula is C30H49N3O2Si. The zero-order valence-corrected chi connectivity index (χ0v) is 24.3. The fraction of sp³-hybridized carbons (Fsp3) is 0.700. The molecule has 0 saturated carbocycles. The van der Waals surface area contributed by atoms with Crippen molar-refractivity contribution in [3.63, 3.8) is 0 Å². The number of hydrogen-bond donors (Lipinski definition) is 0. The minimum Gasteiger partial charge on any atom is -0.539 e. The van der Waals surface area contributed by atoms with E-state index in [9.17, 15) is 0 Å². The van der Waals surface area contributed by atoms with Crippen LogP contribution in [0.15, 0.2) is 30.7 Å². The summed E-state index contributed by atoms with van der Waals surface area (Å²) >= 11 is 0. The molecule has 0 aliphatic heterocycles. The highest BCUT2D eigenvalue weighted by Gasteiger charge is 2.13. The summed E-state index contributed by atoms with van der Waals surface area (Å²) in [5, 5.41) is 0. The van der Waals surface area contributed by atoms with Crippen LogP contribution in [0.2, 0.25) is 6.04 Å². The van der Waals surface area contributed by atoms with E-state index in [0.29, 0.717) is 9.76 Å². The largest absolute Gasteiger partial charge is 0.539 e. The van der Waals surface area contributed by atoms with Gasteiger partial charge in [0, 0.05) is 25.6 Å². The molecule has 2 radical (unpaired) electrons. The van der Waals surface area contributed by atoms with Crippen LogP contribution in [-0.4, -0.2) is 37.9 Å². The van der Waals surface area contributed by atoms with Gasteiger partial charge in [0.25, 0.3) is 0 Å². The maximum Gasteiger partial charge on any atom is 0.310 e. The molecule has 0 saturated heterocycles. The second kappa shape index (κ2) is 19.3. The van der Waals surface area contributed by atoms with Crippen molar-refractivity contribution in [3.8, 4) is 17.1 Å². The molecule has 200 valence electrons. The molecule has 2 atom stereocenters. The van der Waals surface area contributed by atoms with E-state index in [4.69, 9.17) is 9.16 Å². The second-order valence-electron chi connectivity index (χ2n) is 10.1. The van der Waals surface area contributed by atoms with Crippen LogP contribution in [0, 0.1) is 11.8 Å². The number of hydrogen-bond acceptors (Lipinski definition) is 5. The third-order valence-electron chi connectivity index (χ3n) is 6.94. The number of aromatic nitrogens is 3. The molecule has 0 bridgehead atoms. The van der Waals surface area contributed by atoms with Crippen molar-refractivity contribution < 1.29 is 9.16 Å². The molecular weight excluding hydrogens is 462 g/mol. The van der Waals surface area contributed by atoms with Crippen LogP contribution in [0.1, 0.15) is 104 Å². The average molecular weight is 512 g/mol. The normalized spacial score (nSPS) is 13.0. The van der Waals surface area contributed by atoms with Gasteiger partial charge in [0.05, 0.1) is 11.9 Å². The van der Waals surface area contributed by atoms with E-state index in [0.717, 1.165) is 73.2 Å². The van der Waals surface area contributed by atoms with Crippen molar-refractivity contribution >= 4 is 9.76 Å². The Balaban J connectivity index is 1.70. The van der Waals surface area contributed by atoms with Gasteiger partial charge in [-0.05, 0) is 55.7 Å². The van der Waals surface area contributed by atoms with Crippen LogP contribution in [0.4, 0.5) is 0 Å². The number of rotatable bonds is 21. The maximum atomic E-state index is 6.15. The lowest BCUT2D eigenvalue weighted by atomic mass is 9.88. The van der Waals surface area contributed by atoms with Crippen molar-refractivity contribution in [2.75, 3.05) is 13.2 Å². The van der Waals surface area contributed by atoms with E-state index in [1.165, 1.54) is 57.8 Å². The third kappa shape index (κ3) is 12.4. The predicted octanol–water partition coefficient (Wildman–Crippen LogP) is 8.12. The fourth-order valence-electron chi connectivity index (χ4n) is 4.23. The summed E-state index contributed by atoms with van der Waals surface area (Å²) in [4.78, 5) is 13.8. The maximum absolute atomic E-state index is 6.15. The summed E-state index contributed by atoms with van der Waals surface area (Å²) in [6.07, 6.45) is 20.1. The van der Waals surface area contributed by atoms with Crippen molar-refractivity contribution in [3.05, 3.63) is 36.4 Å². The number of aryl methyl sites for hydroxylation is 1. The summed E-state index contributed by atoms with van der Waals surface area (Å²) < 4.78 is 11.9. The predicted molar refractivity (Wildman–Crippen MR) is 151 cm³/mol. The van der Waals surface area contributed by atoms with Crippen molar-refractivity contribution in [2.24, 2.45) is 11.8 Å². The highest BCUT2D eigenvalue weighted by Crippen LogP contribution is 2.26. The van der Waals surface area contributed by atoms with Gasteiger partial charge >= 0.3 is 9.76 Å². The highest BCUT2D eigenvalue weighted by atomic mass is 28.2. The minimum atomic E-state index is 0.441. The zero-order valence-electron chi connectivity index (χ0n) is 23.3. The first-order valence-corrected chi connectivity index (χ1v) is 15.5. The lowest BCUT2D eigenvalue weighted by Gasteiger charge is -2.19. The monoisotopic (exact) mass is 511 g/mol. The summed E-state index contributed by atoms with van der Waals surface area (Å²) in [5.41, 5.74) is 2.57. The molecule has 0 spiro atoms. The van der Waals surface area contributed by atoms with Gasteiger partial charge in [-0.1, -0.05) is 79.1 Å². The standard InChI is InChI=1S/C30H49N3O2Si/c1-5-7-9-11-20-34-21-12-10-17-27-23-33-28(24-32-27)30-29(18-13-19-31-30)35-36-22-14-16-26(4)25(3)15-8-6-2/h13,18-19,23-26H,5-12,14-17,20-22H2,1-4H3. The van der Waals surface area contributed by atoms with Gasteiger partial charge in [0.2, 0.25) is 0 Å². The molecule has 0 aromatic carbocycles. The second-order valence-corrected chi connectivity index (χ2v) is 11.1. The van der Waals surface area contributed by atoms with Crippen LogP contribution in [0.5, 0.6) is 5.75 Å².